The highest BCUT2D eigenvalue weighted by atomic mass is 28.3. The van der Waals surface area contributed by atoms with Crippen LogP contribution in [0.4, 0.5) is 4.79 Å². The monoisotopic (exact) mass is 412 g/mol. The first-order valence-corrected chi connectivity index (χ1v) is 13.3. The van der Waals surface area contributed by atoms with Crippen LogP contribution in [0.1, 0.15) is 53.9 Å². The number of nitrogens with zero attached hydrogens (tertiary/aromatic N) is 2. The maximum atomic E-state index is 12.9. The van der Waals surface area contributed by atoms with Crippen molar-refractivity contribution in [2.75, 3.05) is 13.1 Å². The molecule has 2 aliphatic heterocycles. The number of hydrogen-bond acceptors (Lipinski definition) is 4. The summed E-state index contributed by atoms with van der Waals surface area (Å²) < 4.78 is 7.14. The van der Waals surface area contributed by atoms with Crippen molar-refractivity contribution in [1.82, 2.24) is 9.47 Å². The number of carbonyl (C=O) groups excluding carboxylic acids is 2. The number of β-lactam (4-membered cyclic amide) rings is 1. The number of piperidine rings is 1. The van der Waals surface area contributed by atoms with Crippen LogP contribution in [0.2, 0.25) is 18.6 Å². The lowest BCUT2D eigenvalue weighted by molar-refractivity contribution is -0.165. The Balaban J connectivity index is 2.05. The molecular formula is C20H36N2O5Si. The summed E-state index contributed by atoms with van der Waals surface area (Å²) in [5, 5.41) is 9.78. The number of amides is 2. The molecule has 0 aromatic carbocycles. The number of carboxylic acids is 1. The average Bonchev–Trinajstić information content (AvgIpc) is 2.55. The van der Waals surface area contributed by atoms with Gasteiger partial charge in [-0.2, -0.15) is 0 Å². The molecule has 3 atom stereocenters. The molecule has 2 saturated heterocycles. The molecule has 2 heterocycles. The Bertz CT molecular complexity index is 629. The number of rotatable bonds is 5. The van der Waals surface area contributed by atoms with Gasteiger partial charge in [0, 0.05) is 13.1 Å². The van der Waals surface area contributed by atoms with Gasteiger partial charge in [-0.3, -0.25) is 4.79 Å². The van der Waals surface area contributed by atoms with E-state index in [9.17, 15) is 19.5 Å². The highest BCUT2D eigenvalue weighted by molar-refractivity contribution is 6.78. The summed E-state index contributed by atoms with van der Waals surface area (Å²) in [5.41, 5.74) is -0.257. The fraction of sp³-hybridized carbons (Fsp3) is 0.850. The first-order valence-electron chi connectivity index (χ1n) is 10.3. The molecule has 2 aliphatic rings. The van der Waals surface area contributed by atoms with E-state index in [1.165, 1.54) is 0 Å². The van der Waals surface area contributed by atoms with Crippen molar-refractivity contribution in [3.63, 3.8) is 0 Å². The van der Waals surface area contributed by atoms with E-state index in [-0.39, 0.29) is 23.5 Å². The third-order valence-corrected chi connectivity index (χ3v) is 10.8. The minimum atomic E-state index is -2.13. The van der Waals surface area contributed by atoms with Crippen molar-refractivity contribution in [3.05, 3.63) is 0 Å². The normalized spacial score (nSPS) is 26.3. The summed E-state index contributed by atoms with van der Waals surface area (Å²) >= 11 is 0. The summed E-state index contributed by atoms with van der Waals surface area (Å²) in [6.45, 7) is 14.9. The van der Waals surface area contributed by atoms with Crippen LogP contribution < -0.4 is 0 Å². The summed E-state index contributed by atoms with van der Waals surface area (Å²) in [4.78, 5) is 38.9. The van der Waals surface area contributed by atoms with Gasteiger partial charge in [-0.15, -0.1) is 0 Å². The topological polar surface area (TPSA) is 87.2 Å². The molecule has 0 spiro atoms. The second kappa shape index (κ2) is 8.04. The third-order valence-electron chi connectivity index (χ3n) is 6.26. The standard InChI is InChI=1S/C20H36N2O5Si/c1-13(2)28(6,7)22-16(18(24)25)15(17(22)23)11-14-9-8-10-21(12-14)19(26)27-20(3,4)5/h13-16H,8-12H2,1-7H3,(H,24,25)/t14?,15-,16?/m1/s1. The molecule has 28 heavy (non-hydrogen) atoms. The van der Waals surface area contributed by atoms with E-state index in [0.29, 0.717) is 19.5 Å². The number of carbonyl (C=O) groups is 3. The number of likely N-dealkylation sites (tertiary alicyclic amines) is 1. The van der Waals surface area contributed by atoms with Crippen LogP contribution >= 0.6 is 0 Å². The Morgan fingerprint density at radius 2 is 1.89 bits per heavy atom. The van der Waals surface area contributed by atoms with Crippen LogP contribution in [0, 0.1) is 11.8 Å². The molecule has 160 valence electrons. The minimum absolute atomic E-state index is 0.0211. The number of hydrogen-bond donors (Lipinski definition) is 1. The SMILES string of the molecule is CC(C)[Si](C)(C)N1C(=O)[C@H](CC2CCCN(C(=O)OC(C)(C)C)C2)C1C(=O)O. The van der Waals surface area contributed by atoms with Crippen molar-refractivity contribution < 1.29 is 24.2 Å². The molecule has 0 radical (unpaired) electrons. The van der Waals surface area contributed by atoms with Gasteiger partial charge in [0.1, 0.15) is 11.6 Å². The molecule has 1 N–H and O–H groups in total. The van der Waals surface area contributed by atoms with E-state index in [1.807, 2.05) is 20.8 Å². The molecule has 2 fully saturated rings. The molecule has 2 rings (SSSR count). The summed E-state index contributed by atoms with van der Waals surface area (Å²) in [6.07, 6.45) is 1.94. The smallest absolute Gasteiger partial charge is 0.410 e. The van der Waals surface area contributed by atoms with Gasteiger partial charge in [0.15, 0.2) is 8.24 Å². The van der Waals surface area contributed by atoms with Crippen molar-refractivity contribution in [2.24, 2.45) is 11.8 Å². The zero-order valence-electron chi connectivity index (χ0n) is 18.3. The van der Waals surface area contributed by atoms with E-state index in [0.717, 1.165) is 12.8 Å². The van der Waals surface area contributed by atoms with Crippen molar-refractivity contribution in [3.8, 4) is 0 Å². The lowest BCUT2D eigenvalue weighted by Crippen LogP contribution is -2.73. The summed E-state index contributed by atoms with van der Waals surface area (Å²) in [6, 6.07) is -0.728. The second-order valence-corrected chi connectivity index (χ2v) is 15.0. The zero-order valence-corrected chi connectivity index (χ0v) is 19.3. The Kier molecular flexibility index (Phi) is 6.53. The molecule has 2 amide bonds. The van der Waals surface area contributed by atoms with Gasteiger partial charge in [-0.05, 0) is 51.5 Å². The molecular weight excluding hydrogens is 376 g/mol. The highest BCUT2D eigenvalue weighted by Crippen LogP contribution is 2.41. The lowest BCUT2D eigenvalue weighted by atomic mass is 9.80. The molecule has 0 aromatic rings. The van der Waals surface area contributed by atoms with E-state index in [1.54, 1.807) is 9.47 Å². The number of ether oxygens (including phenoxy) is 1. The minimum Gasteiger partial charge on any atom is -0.480 e. The molecule has 8 heteroatoms. The maximum Gasteiger partial charge on any atom is 0.410 e. The van der Waals surface area contributed by atoms with Crippen LogP contribution in [0.25, 0.3) is 0 Å². The second-order valence-electron chi connectivity index (χ2n) is 10.1. The number of aliphatic carboxylic acids is 1. The predicted molar refractivity (Wildman–Crippen MR) is 109 cm³/mol. The summed E-state index contributed by atoms with van der Waals surface area (Å²) in [5.74, 6) is -1.28. The Morgan fingerprint density at radius 3 is 2.39 bits per heavy atom. The van der Waals surface area contributed by atoms with Crippen LogP contribution in [-0.2, 0) is 14.3 Å². The first kappa shape index (κ1) is 22.7. The van der Waals surface area contributed by atoms with Gasteiger partial charge in [0.2, 0.25) is 5.91 Å². The number of carboxylic acid groups (broad SMARTS) is 1. The van der Waals surface area contributed by atoms with Gasteiger partial charge >= 0.3 is 12.1 Å². The van der Waals surface area contributed by atoms with Gasteiger partial charge in [0.05, 0.1) is 5.92 Å². The van der Waals surface area contributed by atoms with Gasteiger partial charge in [-0.25, -0.2) is 9.59 Å². The Labute approximate surface area is 169 Å². The summed E-state index contributed by atoms with van der Waals surface area (Å²) in [7, 11) is -2.13. The van der Waals surface area contributed by atoms with Crippen LogP contribution in [0.3, 0.4) is 0 Å². The Hall–Kier alpha value is -1.57. The highest BCUT2D eigenvalue weighted by Gasteiger charge is 2.58. The van der Waals surface area contributed by atoms with Crippen LogP contribution in [0.15, 0.2) is 0 Å². The quantitative estimate of drug-likeness (QED) is 0.551. The molecule has 2 unspecified atom stereocenters. The first-order chi connectivity index (χ1) is 12.8. The van der Waals surface area contributed by atoms with Crippen LogP contribution in [0.5, 0.6) is 0 Å². The maximum absolute atomic E-state index is 12.9. The Morgan fingerprint density at radius 1 is 1.29 bits per heavy atom. The molecule has 0 aromatic heterocycles. The van der Waals surface area contributed by atoms with E-state index >= 15 is 0 Å². The van der Waals surface area contributed by atoms with E-state index in [4.69, 9.17) is 4.74 Å². The third kappa shape index (κ3) is 4.70. The fourth-order valence-corrected chi connectivity index (χ4v) is 6.39. The van der Waals surface area contributed by atoms with E-state index in [2.05, 4.69) is 26.9 Å². The lowest BCUT2D eigenvalue weighted by Gasteiger charge is -2.54. The van der Waals surface area contributed by atoms with Crippen molar-refractivity contribution in [2.45, 2.75) is 84.2 Å². The van der Waals surface area contributed by atoms with Crippen LogP contribution in [-0.4, -0.2) is 65.5 Å². The van der Waals surface area contributed by atoms with Gasteiger partial charge in [0.25, 0.3) is 0 Å². The van der Waals surface area contributed by atoms with Crippen molar-refractivity contribution in [1.29, 1.82) is 0 Å². The molecule has 0 saturated carbocycles. The molecule has 0 bridgehead atoms. The largest absolute Gasteiger partial charge is 0.480 e. The van der Waals surface area contributed by atoms with Crippen molar-refractivity contribution >= 4 is 26.2 Å². The van der Waals surface area contributed by atoms with E-state index < -0.39 is 31.8 Å². The fourth-order valence-electron chi connectivity index (χ4n) is 4.09. The van der Waals surface area contributed by atoms with Gasteiger partial charge in [-0.1, -0.05) is 26.9 Å². The average molecular weight is 413 g/mol. The predicted octanol–water partition coefficient (Wildman–Crippen LogP) is 3.55. The molecule has 0 aliphatic carbocycles. The zero-order chi connectivity index (χ0) is 21.4. The van der Waals surface area contributed by atoms with Gasteiger partial charge < -0.3 is 19.3 Å². The molecule has 7 nitrogen and oxygen atoms in total.